The molecule has 3 aromatic rings. The molecule has 1 saturated heterocycles. The molecule has 2 heterocycles. The Bertz CT molecular complexity index is 1230. The fourth-order valence-corrected chi connectivity index (χ4v) is 6.20. The van der Waals surface area contributed by atoms with Crippen LogP contribution in [0.2, 0.25) is 0 Å². The van der Waals surface area contributed by atoms with Crippen molar-refractivity contribution in [3.8, 4) is 0 Å². The first-order valence-electron chi connectivity index (χ1n) is 11.0. The zero-order valence-corrected chi connectivity index (χ0v) is 19.8. The van der Waals surface area contributed by atoms with Crippen LogP contribution in [0.15, 0.2) is 51.8 Å². The molecule has 0 bridgehead atoms. The summed E-state index contributed by atoms with van der Waals surface area (Å²) in [6.45, 7) is 9.42. The van der Waals surface area contributed by atoms with E-state index >= 15 is 0 Å². The van der Waals surface area contributed by atoms with E-state index in [1.807, 2.05) is 31.2 Å². The summed E-state index contributed by atoms with van der Waals surface area (Å²) in [4.78, 5) is 13.0. The first kappa shape index (κ1) is 22.6. The Hall–Kier alpha value is -2.64. The SMILES string of the molecule is Cc1ccc(CNC(=O)c2oc3ccc(S(=O)(=O)N4C[C@H](C)C[C@H](C)C4)cc3c2C)cc1. The Morgan fingerprint density at radius 3 is 2.38 bits per heavy atom. The third-order valence-corrected chi connectivity index (χ3v) is 7.99. The zero-order valence-electron chi connectivity index (χ0n) is 19.0. The van der Waals surface area contributed by atoms with Crippen molar-refractivity contribution in [1.82, 2.24) is 9.62 Å². The number of nitrogens with one attached hydrogen (secondary N) is 1. The molecule has 2 atom stereocenters. The molecule has 1 aliphatic heterocycles. The van der Waals surface area contributed by atoms with Gasteiger partial charge in [0.1, 0.15) is 5.58 Å². The van der Waals surface area contributed by atoms with E-state index in [-0.39, 0.29) is 16.6 Å². The second-order valence-electron chi connectivity index (χ2n) is 9.15. The van der Waals surface area contributed by atoms with E-state index in [1.165, 1.54) is 0 Å². The summed E-state index contributed by atoms with van der Waals surface area (Å²) in [5.74, 6) is 0.553. The van der Waals surface area contributed by atoms with Crippen molar-refractivity contribution in [2.45, 2.75) is 45.6 Å². The van der Waals surface area contributed by atoms with Gasteiger partial charge in [-0.1, -0.05) is 43.7 Å². The number of amides is 1. The smallest absolute Gasteiger partial charge is 0.287 e. The van der Waals surface area contributed by atoms with Crippen LogP contribution < -0.4 is 5.32 Å². The quantitative estimate of drug-likeness (QED) is 0.609. The van der Waals surface area contributed by atoms with E-state index < -0.39 is 10.0 Å². The summed E-state index contributed by atoms with van der Waals surface area (Å²) in [6.07, 6.45) is 1.03. The van der Waals surface area contributed by atoms with Gasteiger partial charge in [-0.25, -0.2) is 8.42 Å². The normalized spacial score (nSPS) is 19.9. The van der Waals surface area contributed by atoms with Crippen LogP contribution >= 0.6 is 0 Å². The number of benzene rings is 2. The van der Waals surface area contributed by atoms with Crippen molar-refractivity contribution in [1.29, 1.82) is 0 Å². The van der Waals surface area contributed by atoms with E-state index in [0.717, 1.165) is 17.5 Å². The monoisotopic (exact) mass is 454 g/mol. The second-order valence-corrected chi connectivity index (χ2v) is 11.1. The van der Waals surface area contributed by atoms with Crippen LogP contribution in [0.5, 0.6) is 0 Å². The highest BCUT2D eigenvalue weighted by Crippen LogP contribution is 2.31. The molecule has 0 radical (unpaired) electrons. The van der Waals surface area contributed by atoms with Crippen LogP contribution in [0.1, 0.15) is 47.5 Å². The predicted molar refractivity (Wildman–Crippen MR) is 125 cm³/mol. The average molecular weight is 455 g/mol. The van der Waals surface area contributed by atoms with Gasteiger partial charge in [-0.2, -0.15) is 4.31 Å². The average Bonchev–Trinajstić information content (AvgIpc) is 3.08. The summed E-state index contributed by atoms with van der Waals surface area (Å²) in [5.41, 5.74) is 3.30. The van der Waals surface area contributed by atoms with Gasteiger partial charge >= 0.3 is 0 Å². The molecule has 1 fully saturated rings. The molecule has 2 aromatic carbocycles. The number of rotatable bonds is 5. The van der Waals surface area contributed by atoms with Crippen LogP contribution in [-0.2, 0) is 16.6 Å². The molecular weight excluding hydrogens is 424 g/mol. The van der Waals surface area contributed by atoms with Crippen LogP contribution in [-0.4, -0.2) is 31.7 Å². The second kappa shape index (κ2) is 8.71. The van der Waals surface area contributed by atoms with Gasteiger partial charge in [-0.3, -0.25) is 4.79 Å². The molecule has 4 rings (SSSR count). The maximum atomic E-state index is 13.3. The van der Waals surface area contributed by atoms with Gasteiger partial charge in [0.05, 0.1) is 4.90 Å². The number of carbonyl (C=O) groups excluding carboxylic acids is 1. The fraction of sp³-hybridized carbons (Fsp3) is 0.400. The van der Waals surface area contributed by atoms with E-state index in [9.17, 15) is 13.2 Å². The van der Waals surface area contributed by atoms with Crippen molar-refractivity contribution in [2.75, 3.05) is 13.1 Å². The molecule has 170 valence electrons. The summed E-state index contributed by atoms with van der Waals surface area (Å²) in [6, 6.07) is 12.8. The molecule has 1 amide bonds. The van der Waals surface area contributed by atoms with Gasteiger partial charge in [-0.15, -0.1) is 0 Å². The Kier molecular flexibility index (Phi) is 6.14. The number of aryl methyl sites for hydroxylation is 2. The maximum absolute atomic E-state index is 13.3. The molecule has 1 N–H and O–H groups in total. The van der Waals surface area contributed by atoms with Gasteiger partial charge < -0.3 is 9.73 Å². The summed E-state index contributed by atoms with van der Waals surface area (Å²) >= 11 is 0. The number of hydrogen-bond donors (Lipinski definition) is 1. The minimum atomic E-state index is -3.61. The molecule has 32 heavy (non-hydrogen) atoms. The van der Waals surface area contributed by atoms with Crippen molar-refractivity contribution in [3.63, 3.8) is 0 Å². The van der Waals surface area contributed by atoms with Crippen LogP contribution in [0.4, 0.5) is 0 Å². The fourth-order valence-electron chi connectivity index (χ4n) is 4.50. The van der Waals surface area contributed by atoms with Crippen LogP contribution in [0, 0.1) is 25.7 Å². The minimum absolute atomic E-state index is 0.210. The Balaban J connectivity index is 1.58. The Morgan fingerprint density at radius 2 is 1.72 bits per heavy atom. The lowest BCUT2D eigenvalue weighted by Gasteiger charge is -2.34. The highest BCUT2D eigenvalue weighted by atomic mass is 32.2. The summed E-state index contributed by atoms with van der Waals surface area (Å²) in [7, 11) is -3.61. The number of hydrogen-bond acceptors (Lipinski definition) is 4. The van der Waals surface area contributed by atoms with Crippen molar-refractivity contribution in [2.24, 2.45) is 11.8 Å². The molecular formula is C25H30N2O4S. The largest absolute Gasteiger partial charge is 0.451 e. The Labute approximate surface area is 189 Å². The molecule has 7 heteroatoms. The van der Waals surface area contributed by atoms with Crippen molar-refractivity contribution >= 4 is 26.9 Å². The third kappa shape index (κ3) is 4.45. The highest BCUT2D eigenvalue weighted by molar-refractivity contribution is 7.89. The lowest BCUT2D eigenvalue weighted by molar-refractivity contribution is 0.0924. The number of piperidine rings is 1. The first-order chi connectivity index (χ1) is 15.1. The van der Waals surface area contributed by atoms with Crippen LogP contribution in [0.3, 0.4) is 0 Å². The standard InChI is InChI=1S/C25H30N2O4S/c1-16-5-7-20(8-6-16)13-26-25(28)24-19(4)22-12-21(9-10-23(22)31-24)32(29,30)27-14-17(2)11-18(3)15-27/h5-10,12,17-18H,11,13-15H2,1-4H3,(H,26,28)/t17-,18+. The number of fused-ring (bicyclic) bond motifs is 1. The molecule has 1 aliphatic rings. The predicted octanol–water partition coefficient (Wildman–Crippen LogP) is 4.65. The molecule has 0 saturated carbocycles. The number of sulfonamides is 1. The maximum Gasteiger partial charge on any atom is 0.287 e. The number of furan rings is 1. The van der Waals surface area contributed by atoms with Crippen molar-refractivity contribution < 1.29 is 17.6 Å². The molecule has 0 spiro atoms. The summed E-state index contributed by atoms with van der Waals surface area (Å²) < 4.78 is 33.9. The highest BCUT2D eigenvalue weighted by Gasteiger charge is 2.32. The first-order valence-corrected chi connectivity index (χ1v) is 12.5. The van der Waals surface area contributed by atoms with E-state index in [2.05, 4.69) is 19.2 Å². The number of nitrogens with zero attached hydrogens (tertiary/aromatic N) is 1. The molecule has 1 aromatic heterocycles. The van der Waals surface area contributed by atoms with Gasteiger partial charge in [0.2, 0.25) is 10.0 Å². The molecule has 0 unspecified atom stereocenters. The Morgan fingerprint density at radius 1 is 1.06 bits per heavy atom. The van der Waals surface area contributed by atoms with Gasteiger partial charge in [0.15, 0.2) is 5.76 Å². The van der Waals surface area contributed by atoms with Crippen LogP contribution in [0.25, 0.3) is 11.0 Å². The minimum Gasteiger partial charge on any atom is -0.451 e. The van der Waals surface area contributed by atoms with E-state index in [4.69, 9.17) is 4.42 Å². The van der Waals surface area contributed by atoms with Gasteiger partial charge in [0.25, 0.3) is 5.91 Å². The van der Waals surface area contributed by atoms with Crippen molar-refractivity contribution in [3.05, 3.63) is 64.9 Å². The topological polar surface area (TPSA) is 79.6 Å². The summed E-state index contributed by atoms with van der Waals surface area (Å²) in [5, 5.41) is 3.53. The third-order valence-electron chi connectivity index (χ3n) is 6.16. The lowest BCUT2D eigenvalue weighted by atomic mass is 9.94. The molecule has 0 aliphatic carbocycles. The number of carbonyl (C=O) groups is 1. The zero-order chi connectivity index (χ0) is 23.0. The van der Waals surface area contributed by atoms with Gasteiger partial charge in [0, 0.05) is 30.6 Å². The molecule has 6 nitrogen and oxygen atoms in total. The van der Waals surface area contributed by atoms with Gasteiger partial charge in [-0.05, 0) is 55.9 Å². The lowest BCUT2D eigenvalue weighted by Crippen LogP contribution is -2.42. The van der Waals surface area contributed by atoms with E-state index in [1.54, 1.807) is 29.4 Å². The van der Waals surface area contributed by atoms with E-state index in [0.29, 0.717) is 48.0 Å².